The number of fused-ring (bicyclic) bond motifs is 1. The van der Waals surface area contributed by atoms with Crippen molar-refractivity contribution in [3.63, 3.8) is 0 Å². The lowest BCUT2D eigenvalue weighted by atomic mass is 9.79. The van der Waals surface area contributed by atoms with E-state index in [2.05, 4.69) is 12.6 Å². The normalized spacial score (nSPS) is 10.9. The third-order valence-electron chi connectivity index (χ3n) is 1.92. The Morgan fingerprint density at radius 1 is 1.36 bits per heavy atom. The van der Waals surface area contributed by atoms with Crippen LogP contribution < -0.4 is 5.46 Å². The highest BCUT2D eigenvalue weighted by molar-refractivity contribution is 7.83. The Bertz CT molecular complexity index is 483. The van der Waals surface area contributed by atoms with E-state index in [4.69, 9.17) is 10.0 Å². The molecule has 2 rings (SSSR count). The van der Waals surface area contributed by atoms with E-state index in [1.807, 2.05) is 0 Å². The van der Waals surface area contributed by atoms with Crippen LogP contribution >= 0.6 is 24.0 Å². The van der Waals surface area contributed by atoms with E-state index in [-0.39, 0.29) is 5.46 Å². The van der Waals surface area contributed by atoms with Gasteiger partial charge in [-0.3, -0.25) is 0 Å². The first-order valence-corrected chi connectivity index (χ1v) is 5.13. The van der Waals surface area contributed by atoms with Crippen LogP contribution in [0.1, 0.15) is 0 Å². The Hall–Kier alpha value is -0.555. The van der Waals surface area contributed by atoms with Gasteiger partial charge in [-0.05, 0) is 17.5 Å². The first-order valence-electron chi connectivity index (χ1n) is 3.86. The molecule has 0 fully saturated rings. The summed E-state index contributed by atoms with van der Waals surface area (Å²) < 4.78 is 14.5. The summed E-state index contributed by atoms with van der Waals surface area (Å²) in [5.41, 5.74) is -0.0761. The summed E-state index contributed by atoms with van der Waals surface area (Å²) in [5, 5.41) is 18.8. The standard InChI is InChI=1S/C8H6BFO2S2/c10-5-2-1-4-3-6(13)14-8(4)7(5)9(11)12/h1-3,11-13H. The van der Waals surface area contributed by atoms with Crippen molar-refractivity contribution >= 4 is 46.6 Å². The van der Waals surface area contributed by atoms with Gasteiger partial charge in [0, 0.05) is 10.2 Å². The van der Waals surface area contributed by atoms with Crippen LogP contribution in [0.3, 0.4) is 0 Å². The second-order valence-corrected chi connectivity index (χ2v) is 4.67. The van der Waals surface area contributed by atoms with Crippen LogP contribution in [-0.2, 0) is 0 Å². The van der Waals surface area contributed by atoms with Crippen LogP contribution in [0.25, 0.3) is 10.1 Å². The maximum atomic E-state index is 13.2. The van der Waals surface area contributed by atoms with Crippen molar-refractivity contribution in [2.75, 3.05) is 0 Å². The fraction of sp³-hybridized carbons (Fsp3) is 0. The van der Waals surface area contributed by atoms with Gasteiger partial charge in [0.15, 0.2) is 0 Å². The van der Waals surface area contributed by atoms with E-state index in [9.17, 15) is 4.39 Å². The van der Waals surface area contributed by atoms with Crippen molar-refractivity contribution < 1.29 is 14.4 Å². The molecule has 72 valence electrons. The Morgan fingerprint density at radius 3 is 2.71 bits per heavy atom. The highest BCUT2D eigenvalue weighted by Gasteiger charge is 2.21. The molecule has 0 bridgehead atoms. The minimum Gasteiger partial charge on any atom is -0.423 e. The van der Waals surface area contributed by atoms with E-state index >= 15 is 0 Å². The van der Waals surface area contributed by atoms with Crippen LogP contribution in [0.5, 0.6) is 0 Å². The molecule has 14 heavy (non-hydrogen) atoms. The SMILES string of the molecule is OB(O)c1c(F)ccc2cc(S)sc12. The molecule has 0 saturated heterocycles. The maximum absolute atomic E-state index is 13.2. The molecule has 0 atom stereocenters. The average Bonchev–Trinajstić information content (AvgIpc) is 2.43. The Balaban J connectivity index is 2.82. The van der Waals surface area contributed by atoms with E-state index in [1.54, 1.807) is 12.1 Å². The fourth-order valence-electron chi connectivity index (χ4n) is 1.33. The van der Waals surface area contributed by atoms with Gasteiger partial charge in [-0.2, -0.15) is 0 Å². The largest absolute Gasteiger partial charge is 0.492 e. The number of thiol groups is 1. The molecule has 0 unspecified atom stereocenters. The highest BCUT2D eigenvalue weighted by atomic mass is 32.2. The van der Waals surface area contributed by atoms with E-state index < -0.39 is 12.9 Å². The lowest BCUT2D eigenvalue weighted by molar-refractivity contribution is 0.423. The van der Waals surface area contributed by atoms with Crippen LogP contribution in [0.15, 0.2) is 22.4 Å². The molecule has 0 saturated carbocycles. The van der Waals surface area contributed by atoms with E-state index in [1.165, 1.54) is 17.4 Å². The Kier molecular flexibility index (Phi) is 2.53. The number of thiophene rings is 1. The van der Waals surface area contributed by atoms with Crippen LogP contribution in [0.4, 0.5) is 4.39 Å². The molecule has 0 amide bonds. The quantitative estimate of drug-likeness (QED) is 0.503. The van der Waals surface area contributed by atoms with Crippen molar-refractivity contribution in [3.8, 4) is 0 Å². The molecular weight excluding hydrogens is 222 g/mol. The molecule has 0 aliphatic heterocycles. The summed E-state index contributed by atoms with van der Waals surface area (Å²) in [5.74, 6) is -0.609. The lowest BCUT2D eigenvalue weighted by Crippen LogP contribution is -2.32. The molecule has 0 aliphatic rings. The van der Waals surface area contributed by atoms with Crippen molar-refractivity contribution in [3.05, 3.63) is 24.0 Å². The zero-order chi connectivity index (χ0) is 10.3. The van der Waals surface area contributed by atoms with Crippen molar-refractivity contribution in [1.82, 2.24) is 0 Å². The highest BCUT2D eigenvalue weighted by Crippen LogP contribution is 2.27. The molecule has 0 spiro atoms. The third-order valence-corrected chi connectivity index (χ3v) is 3.31. The number of benzene rings is 1. The summed E-state index contributed by atoms with van der Waals surface area (Å²) in [6.07, 6.45) is 0. The molecular formula is C8H6BFO2S2. The minimum absolute atomic E-state index is 0.0761. The minimum atomic E-state index is -1.79. The topological polar surface area (TPSA) is 40.5 Å². The molecule has 2 nitrogen and oxygen atoms in total. The van der Waals surface area contributed by atoms with Gasteiger partial charge in [0.25, 0.3) is 0 Å². The predicted molar refractivity (Wildman–Crippen MR) is 58.9 cm³/mol. The average molecular weight is 228 g/mol. The number of rotatable bonds is 1. The van der Waals surface area contributed by atoms with Gasteiger partial charge in [0.1, 0.15) is 5.82 Å². The van der Waals surface area contributed by atoms with Gasteiger partial charge in [-0.25, -0.2) is 4.39 Å². The van der Waals surface area contributed by atoms with Crippen LogP contribution in [0, 0.1) is 5.82 Å². The summed E-state index contributed by atoms with van der Waals surface area (Å²) in [6, 6.07) is 4.57. The van der Waals surface area contributed by atoms with Gasteiger partial charge >= 0.3 is 7.12 Å². The zero-order valence-corrected chi connectivity index (χ0v) is 8.65. The van der Waals surface area contributed by atoms with E-state index in [0.29, 0.717) is 8.91 Å². The first-order chi connectivity index (χ1) is 6.59. The lowest BCUT2D eigenvalue weighted by Gasteiger charge is -2.02. The monoisotopic (exact) mass is 228 g/mol. The molecule has 0 aliphatic carbocycles. The van der Waals surface area contributed by atoms with Crippen molar-refractivity contribution in [2.45, 2.75) is 4.21 Å². The molecule has 1 aromatic heterocycles. The van der Waals surface area contributed by atoms with Gasteiger partial charge in [-0.15, -0.1) is 24.0 Å². The van der Waals surface area contributed by atoms with Gasteiger partial charge in [-0.1, -0.05) is 6.07 Å². The third kappa shape index (κ3) is 1.54. The molecule has 6 heteroatoms. The Labute approximate surface area is 89.6 Å². The predicted octanol–water partition coefficient (Wildman–Crippen LogP) is 1.01. The zero-order valence-electron chi connectivity index (χ0n) is 6.94. The smallest absolute Gasteiger partial charge is 0.423 e. The summed E-state index contributed by atoms with van der Waals surface area (Å²) >= 11 is 5.35. The molecule has 2 aromatic rings. The molecule has 1 heterocycles. The molecule has 1 aromatic carbocycles. The first kappa shape index (κ1) is 9.98. The summed E-state index contributed by atoms with van der Waals surface area (Å²) in [4.78, 5) is 0. The summed E-state index contributed by atoms with van der Waals surface area (Å²) in [7, 11) is -1.79. The fourth-order valence-corrected chi connectivity index (χ4v) is 2.69. The van der Waals surface area contributed by atoms with Crippen LogP contribution in [-0.4, -0.2) is 17.2 Å². The van der Waals surface area contributed by atoms with Crippen molar-refractivity contribution in [1.29, 1.82) is 0 Å². The van der Waals surface area contributed by atoms with Gasteiger partial charge in [0.05, 0.1) is 4.21 Å². The van der Waals surface area contributed by atoms with Gasteiger partial charge in [0.2, 0.25) is 0 Å². The molecule has 2 N–H and O–H groups in total. The van der Waals surface area contributed by atoms with Crippen LogP contribution in [0.2, 0.25) is 0 Å². The van der Waals surface area contributed by atoms with Gasteiger partial charge < -0.3 is 10.0 Å². The number of hydrogen-bond donors (Lipinski definition) is 3. The maximum Gasteiger partial charge on any atom is 0.492 e. The van der Waals surface area contributed by atoms with Crippen molar-refractivity contribution in [2.24, 2.45) is 0 Å². The molecule has 0 radical (unpaired) electrons. The number of hydrogen-bond acceptors (Lipinski definition) is 4. The van der Waals surface area contributed by atoms with E-state index in [0.717, 1.165) is 5.39 Å². The Morgan fingerprint density at radius 2 is 2.07 bits per heavy atom. The number of halogens is 1. The second kappa shape index (κ2) is 3.54. The second-order valence-electron chi connectivity index (χ2n) is 2.84. The summed E-state index contributed by atoms with van der Waals surface area (Å²) in [6.45, 7) is 0.